The second-order valence-electron chi connectivity index (χ2n) is 5.60. The van der Waals surface area contributed by atoms with Gasteiger partial charge in [-0.1, -0.05) is 48.5 Å². The van der Waals surface area contributed by atoms with Crippen LogP contribution in [0.1, 0.15) is 11.3 Å². The van der Waals surface area contributed by atoms with Gasteiger partial charge in [-0.2, -0.15) is 0 Å². The summed E-state index contributed by atoms with van der Waals surface area (Å²) in [5.74, 6) is 0. The zero-order valence-corrected chi connectivity index (χ0v) is 13.7. The number of nitrogens with zero attached hydrogens (tertiary/aromatic N) is 3. The van der Waals surface area contributed by atoms with E-state index in [0.29, 0.717) is 0 Å². The SMILES string of the molecule is Cn1c(C=Cc2cccc3ccccc23)c([N+](=O)[O-])c(=O)n(C)c1=O. The minimum Gasteiger partial charge on any atom is -0.291 e. The van der Waals surface area contributed by atoms with Crippen LogP contribution < -0.4 is 11.2 Å². The molecule has 0 fully saturated rings. The van der Waals surface area contributed by atoms with Gasteiger partial charge in [-0.25, -0.2) is 4.79 Å². The van der Waals surface area contributed by atoms with Gasteiger partial charge in [-0.15, -0.1) is 0 Å². The van der Waals surface area contributed by atoms with Crippen LogP contribution in [0, 0.1) is 10.1 Å². The summed E-state index contributed by atoms with van der Waals surface area (Å²) in [6.07, 6.45) is 3.10. The minimum absolute atomic E-state index is 0.0361. The molecule has 0 spiro atoms. The van der Waals surface area contributed by atoms with Crippen LogP contribution in [0.2, 0.25) is 0 Å². The summed E-state index contributed by atoms with van der Waals surface area (Å²) in [5, 5.41) is 13.3. The molecule has 0 N–H and O–H groups in total. The molecule has 126 valence electrons. The van der Waals surface area contributed by atoms with Crippen molar-refractivity contribution >= 4 is 28.6 Å². The van der Waals surface area contributed by atoms with Crippen LogP contribution in [-0.2, 0) is 14.1 Å². The van der Waals surface area contributed by atoms with Gasteiger partial charge in [0.15, 0.2) is 0 Å². The van der Waals surface area contributed by atoms with Crippen molar-refractivity contribution in [3.8, 4) is 0 Å². The van der Waals surface area contributed by atoms with Crippen LogP contribution in [0.5, 0.6) is 0 Å². The third-order valence-corrected chi connectivity index (χ3v) is 4.11. The van der Waals surface area contributed by atoms with Crippen molar-refractivity contribution in [1.82, 2.24) is 9.13 Å². The highest BCUT2D eigenvalue weighted by atomic mass is 16.6. The highest BCUT2D eigenvalue weighted by molar-refractivity contribution is 5.92. The highest BCUT2D eigenvalue weighted by Gasteiger charge is 2.23. The van der Waals surface area contributed by atoms with Crippen molar-refractivity contribution in [3.05, 3.63) is 84.7 Å². The van der Waals surface area contributed by atoms with Crippen molar-refractivity contribution < 1.29 is 4.92 Å². The Morgan fingerprint density at radius 3 is 2.36 bits per heavy atom. The predicted octanol–water partition coefficient (Wildman–Crippen LogP) is 2.32. The van der Waals surface area contributed by atoms with Crippen LogP contribution in [0.25, 0.3) is 22.9 Å². The van der Waals surface area contributed by atoms with Crippen LogP contribution in [0.4, 0.5) is 5.69 Å². The first-order chi connectivity index (χ1) is 11.9. The Morgan fingerprint density at radius 1 is 0.960 bits per heavy atom. The van der Waals surface area contributed by atoms with E-state index in [1.807, 2.05) is 42.5 Å². The molecule has 1 aromatic heterocycles. The van der Waals surface area contributed by atoms with E-state index < -0.39 is 21.9 Å². The number of aromatic nitrogens is 2. The highest BCUT2D eigenvalue weighted by Crippen LogP contribution is 2.21. The molecule has 0 amide bonds. The Hall–Kier alpha value is -3.48. The van der Waals surface area contributed by atoms with Gasteiger partial charge in [0.05, 0.1) is 4.92 Å². The zero-order valence-electron chi connectivity index (χ0n) is 13.7. The lowest BCUT2D eigenvalue weighted by atomic mass is 10.0. The van der Waals surface area contributed by atoms with Gasteiger partial charge >= 0.3 is 16.9 Å². The Kier molecular flexibility index (Phi) is 4.06. The van der Waals surface area contributed by atoms with Crippen molar-refractivity contribution in [2.75, 3.05) is 0 Å². The van der Waals surface area contributed by atoms with E-state index in [2.05, 4.69) is 0 Å². The molecule has 7 nitrogen and oxygen atoms in total. The molecular formula is C18H15N3O4. The molecule has 0 unspecified atom stereocenters. The van der Waals surface area contributed by atoms with Gasteiger partial charge in [-0.3, -0.25) is 24.0 Å². The van der Waals surface area contributed by atoms with E-state index in [0.717, 1.165) is 25.5 Å². The van der Waals surface area contributed by atoms with Crippen LogP contribution >= 0.6 is 0 Å². The van der Waals surface area contributed by atoms with E-state index >= 15 is 0 Å². The Labute approximate surface area is 142 Å². The van der Waals surface area contributed by atoms with E-state index in [4.69, 9.17) is 0 Å². The summed E-state index contributed by atoms with van der Waals surface area (Å²) < 4.78 is 1.83. The topological polar surface area (TPSA) is 87.1 Å². The largest absolute Gasteiger partial charge is 0.357 e. The number of benzene rings is 2. The summed E-state index contributed by atoms with van der Waals surface area (Å²) in [6, 6.07) is 13.4. The number of hydrogen-bond acceptors (Lipinski definition) is 4. The molecule has 3 rings (SSSR count). The second-order valence-corrected chi connectivity index (χ2v) is 5.60. The van der Waals surface area contributed by atoms with Gasteiger partial charge in [0.2, 0.25) is 0 Å². The normalized spacial score (nSPS) is 11.3. The quantitative estimate of drug-likeness (QED) is 0.542. The maximum atomic E-state index is 12.1. The summed E-state index contributed by atoms with van der Waals surface area (Å²) in [6.45, 7) is 0. The first-order valence-corrected chi connectivity index (χ1v) is 7.52. The van der Waals surface area contributed by atoms with Crippen molar-refractivity contribution in [2.24, 2.45) is 14.1 Å². The molecular weight excluding hydrogens is 322 g/mol. The average Bonchev–Trinajstić information content (AvgIpc) is 2.61. The smallest absolute Gasteiger partial charge is 0.291 e. The number of nitro groups is 1. The van der Waals surface area contributed by atoms with Crippen LogP contribution in [0.15, 0.2) is 52.1 Å². The first kappa shape index (κ1) is 16.4. The van der Waals surface area contributed by atoms with E-state index in [1.165, 1.54) is 20.2 Å². The van der Waals surface area contributed by atoms with E-state index in [9.17, 15) is 19.7 Å². The molecule has 0 saturated heterocycles. The summed E-state index contributed by atoms with van der Waals surface area (Å²) in [5.41, 5.74) is -1.37. The summed E-state index contributed by atoms with van der Waals surface area (Å²) in [4.78, 5) is 34.7. The van der Waals surface area contributed by atoms with Crippen LogP contribution in [0.3, 0.4) is 0 Å². The number of rotatable bonds is 3. The average molecular weight is 337 g/mol. The lowest BCUT2D eigenvalue weighted by Crippen LogP contribution is -2.39. The fraction of sp³-hybridized carbons (Fsp3) is 0.111. The molecule has 25 heavy (non-hydrogen) atoms. The van der Waals surface area contributed by atoms with Gasteiger partial charge in [0.1, 0.15) is 5.69 Å². The number of fused-ring (bicyclic) bond motifs is 1. The Balaban J connectivity index is 2.24. The molecule has 1 heterocycles. The van der Waals surface area contributed by atoms with Gasteiger partial charge in [0, 0.05) is 14.1 Å². The fourth-order valence-corrected chi connectivity index (χ4v) is 2.77. The molecule has 7 heteroatoms. The summed E-state index contributed by atoms with van der Waals surface area (Å²) >= 11 is 0. The monoisotopic (exact) mass is 337 g/mol. The maximum Gasteiger partial charge on any atom is 0.357 e. The molecule has 0 aliphatic carbocycles. The predicted molar refractivity (Wildman–Crippen MR) is 96.5 cm³/mol. The molecule has 0 aliphatic rings. The Bertz CT molecular complexity index is 1130. The first-order valence-electron chi connectivity index (χ1n) is 7.52. The molecule has 0 radical (unpaired) electrons. The van der Waals surface area contributed by atoms with Crippen molar-refractivity contribution in [3.63, 3.8) is 0 Å². The number of hydrogen-bond donors (Lipinski definition) is 0. The molecule has 0 aliphatic heterocycles. The fourth-order valence-electron chi connectivity index (χ4n) is 2.77. The van der Waals surface area contributed by atoms with Crippen molar-refractivity contribution in [2.45, 2.75) is 0 Å². The van der Waals surface area contributed by atoms with E-state index in [1.54, 1.807) is 6.08 Å². The van der Waals surface area contributed by atoms with Gasteiger partial charge < -0.3 is 0 Å². The molecule has 2 aromatic carbocycles. The molecule has 0 atom stereocenters. The zero-order chi connectivity index (χ0) is 18.1. The van der Waals surface area contributed by atoms with Crippen LogP contribution in [-0.4, -0.2) is 14.1 Å². The lowest BCUT2D eigenvalue weighted by molar-refractivity contribution is -0.387. The standard InChI is InChI=1S/C18H15N3O4/c1-19-15(16(21(24)25)17(22)20(2)18(19)23)11-10-13-8-5-7-12-6-3-4-9-14(12)13/h3-11H,1-2H3. The van der Waals surface area contributed by atoms with E-state index in [-0.39, 0.29) is 5.69 Å². The summed E-state index contributed by atoms with van der Waals surface area (Å²) in [7, 11) is 2.62. The van der Waals surface area contributed by atoms with Gasteiger partial charge in [0.25, 0.3) is 0 Å². The molecule has 0 saturated carbocycles. The second kappa shape index (κ2) is 6.20. The third-order valence-electron chi connectivity index (χ3n) is 4.11. The molecule has 3 aromatic rings. The van der Waals surface area contributed by atoms with Crippen molar-refractivity contribution in [1.29, 1.82) is 0 Å². The lowest BCUT2D eigenvalue weighted by Gasteiger charge is -2.07. The van der Waals surface area contributed by atoms with Gasteiger partial charge in [-0.05, 0) is 22.4 Å². The molecule has 0 bridgehead atoms. The minimum atomic E-state index is -0.925. The third kappa shape index (κ3) is 2.76. The maximum absolute atomic E-state index is 12.1. The Morgan fingerprint density at radius 2 is 1.64 bits per heavy atom.